The fraction of sp³-hybridized carbons (Fsp3) is 0.258. The molecule has 0 spiro atoms. The zero-order valence-electron chi connectivity index (χ0n) is 21.7. The molecule has 6 nitrogen and oxygen atoms in total. The highest BCUT2D eigenvalue weighted by Crippen LogP contribution is 2.47. The van der Waals surface area contributed by atoms with Crippen LogP contribution in [0.3, 0.4) is 0 Å². The molecule has 1 aromatic heterocycles. The highest BCUT2D eigenvalue weighted by atomic mass is 35.5. The second-order valence-electron chi connectivity index (χ2n) is 9.86. The summed E-state index contributed by atoms with van der Waals surface area (Å²) in [5.74, 6) is 0.621. The van der Waals surface area contributed by atoms with E-state index in [9.17, 15) is 10.1 Å². The van der Waals surface area contributed by atoms with Crippen molar-refractivity contribution < 1.29 is 9.53 Å². The lowest BCUT2D eigenvalue weighted by atomic mass is 9.74. The number of allylic oxidation sites excluding steroid dienone is 3. The summed E-state index contributed by atoms with van der Waals surface area (Å²) in [6.45, 7) is 6.36. The molecule has 0 bridgehead atoms. The Balaban J connectivity index is 1.61. The summed E-state index contributed by atoms with van der Waals surface area (Å²) in [6, 6.07) is 15.8. The lowest BCUT2D eigenvalue weighted by molar-refractivity contribution is -0.116. The maximum Gasteiger partial charge on any atom is 0.161 e. The topological polar surface area (TPSA) is 92.2 Å². The number of anilines is 1. The molecular formula is C31H29ClN4O2. The SMILES string of the molecule is Cc1cc(C)c(C2C(C#N)=C(N)N(c3cccnc3)C3=C2C(=O)CCC3)cc1COc1ccc(Cl)cc1C. The van der Waals surface area contributed by atoms with Crippen LogP contribution < -0.4 is 15.4 Å². The number of benzene rings is 2. The van der Waals surface area contributed by atoms with E-state index in [4.69, 9.17) is 22.1 Å². The number of nitrogens with zero attached hydrogens (tertiary/aromatic N) is 3. The Bertz CT molecular complexity index is 1540. The highest BCUT2D eigenvalue weighted by molar-refractivity contribution is 6.30. The van der Waals surface area contributed by atoms with E-state index < -0.39 is 5.92 Å². The summed E-state index contributed by atoms with van der Waals surface area (Å²) >= 11 is 6.10. The molecular weight excluding hydrogens is 496 g/mol. The van der Waals surface area contributed by atoms with Crippen molar-refractivity contribution in [2.45, 2.75) is 52.6 Å². The van der Waals surface area contributed by atoms with E-state index in [-0.39, 0.29) is 5.78 Å². The largest absolute Gasteiger partial charge is 0.489 e. The summed E-state index contributed by atoms with van der Waals surface area (Å²) in [5.41, 5.74) is 14.2. The number of carbonyl (C=O) groups is 1. The molecule has 2 N–H and O–H groups in total. The van der Waals surface area contributed by atoms with Crippen LogP contribution in [0.15, 0.2) is 77.5 Å². The van der Waals surface area contributed by atoms with Crippen molar-refractivity contribution in [1.82, 2.24) is 4.98 Å². The van der Waals surface area contributed by atoms with E-state index in [1.807, 2.05) is 56.0 Å². The molecule has 1 atom stereocenters. The van der Waals surface area contributed by atoms with E-state index >= 15 is 0 Å². The van der Waals surface area contributed by atoms with Crippen LogP contribution >= 0.6 is 11.6 Å². The molecule has 0 amide bonds. The van der Waals surface area contributed by atoms with Gasteiger partial charge < -0.3 is 10.5 Å². The molecule has 7 heteroatoms. The van der Waals surface area contributed by atoms with E-state index in [0.29, 0.717) is 41.4 Å². The predicted octanol–water partition coefficient (Wildman–Crippen LogP) is 6.54. The lowest BCUT2D eigenvalue weighted by Gasteiger charge is -2.40. The molecule has 192 valence electrons. The number of ether oxygens (including phenoxy) is 1. The van der Waals surface area contributed by atoms with Crippen LogP contribution in [0.1, 0.15) is 53.0 Å². The lowest BCUT2D eigenvalue weighted by Crippen LogP contribution is -2.39. The molecule has 5 rings (SSSR count). The van der Waals surface area contributed by atoms with Crippen molar-refractivity contribution in [3.05, 3.63) is 110 Å². The molecule has 2 aromatic carbocycles. The van der Waals surface area contributed by atoms with Gasteiger partial charge in [-0.3, -0.25) is 14.7 Å². The summed E-state index contributed by atoms with van der Waals surface area (Å²) < 4.78 is 6.16. The third kappa shape index (κ3) is 4.55. The van der Waals surface area contributed by atoms with Gasteiger partial charge in [0.15, 0.2) is 5.78 Å². The smallest absolute Gasteiger partial charge is 0.161 e. The first-order valence-electron chi connectivity index (χ1n) is 12.6. The molecule has 1 aliphatic carbocycles. The maximum absolute atomic E-state index is 13.5. The van der Waals surface area contributed by atoms with Crippen LogP contribution in [-0.2, 0) is 11.4 Å². The summed E-state index contributed by atoms with van der Waals surface area (Å²) in [4.78, 5) is 19.6. The zero-order valence-corrected chi connectivity index (χ0v) is 22.5. The number of carbonyl (C=O) groups excluding carboxylic acids is 1. The van der Waals surface area contributed by atoms with Crippen LogP contribution in [-0.4, -0.2) is 10.8 Å². The first-order chi connectivity index (χ1) is 18.3. The van der Waals surface area contributed by atoms with Gasteiger partial charge in [0, 0.05) is 28.9 Å². The van der Waals surface area contributed by atoms with Crippen LogP contribution in [0.4, 0.5) is 5.69 Å². The van der Waals surface area contributed by atoms with E-state index in [2.05, 4.69) is 23.2 Å². The van der Waals surface area contributed by atoms with Gasteiger partial charge in [-0.2, -0.15) is 5.26 Å². The second-order valence-corrected chi connectivity index (χ2v) is 10.3. The first kappa shape index (κ1) is 25.6. The Labute approximate surface area is 228 Å². The van der Waals surface area contributed by atoms with Crippen molar-refractivity contribution in [1.29, 1.82) is 5.26 Å². The Morgan fingerprint density at radius 1 is 1.13 bits per heavy atom. The molecule has 2 aliphatic rings. The van der Waals surface area contributed by atoms with Crippen LogP contribution in [0.2, 0.25) is 5.02 Å². The van der Waals surface area contributed by atoms with Crippen molar-refractivity contribution in [3.8, 4) is 11.8 Å². The van der Waals surface area contributed by atoms with Crippen molar-refractivity contribution in [2.24, 2.45) is 5.73 Å². The number of Topliss-reactive ketones (excluding diaryl/α,β-unsaturated/α-hetero) is 1. The Hall–Kier alpha value is -4.08. The van der Waals surface area contributed by atoms with Crippen molar-refractivity contribution >= 4 is 23.1 Å². The molecule has 0 fully saturated rings. The third-order valence-electron chi connectivity index (χ3n) is 7.37. The fourth-order valence-electron chi connectivity index (χ4n) is 5.49. The summed E-state index contributed by atoms with van der Waals surface area (Å²) in [6.07, 6.45) is 5.28. The molecule has 0 saturated heterocycles. The number of hydrogen-bond donors (Lipinski definition) is 1. The molecule has 3 aromatic rings. The second kappa shape index (κ2) is 10.4. The van der Waals surface area contributed by atoms with Gasteiger partial charge in [0.1, 0.15) is 18.2 Å². The highest BCUT2D eigenvalue weighted by Gasteiger charge is 2.41. The average Bonchev–Trinajstić information content (AvgIpc) is 2.89. The molecule has 1 aliphatic heterocycles. The van der Waals surface area contributed by atoms with Gasteiger partial charge in [0.2, 0.25) is 0 Å². The van der Waals surface area contributed by atoms with Crippen LogP contribution in [0, 0.1) is 32.1 Å². The predicted molar refractivity (Wildman–Crippen MR) is 149 cm³/mol. The number of pyridine rings is 1. The van der Waals surface area contributed by atoms with Gasteiger partial charge in [-0.25, -0.2) is 0 Å². The Kier molecular flexibility index (Phi) is 6.96. The van der Waals surface area contributed by atoms with E-state index in [1.165, 1.54) is 0 Å². The molecule has 2 heterocycles. The van der Waals surface area contributed by atoms with E-state index in [0.717, 1.165) is 51.4 Å². The Morgan fingerprint density at radius 3 is 2.66 bits per heavy atom. The Morgan fingerprint density at radius 2 is 1.95 bits per heavy atom. The van der Waals surface area contributed by atoms with Crippen LogP contribution in [0.25, 0.3) is 0 Å². The van der Waals surface area contributed by atoms with Gasteiger partial charge >= 0.3 is 0 Å². The van der Waals surface area contributed by atoms with Crippen LogP contribution in [0.5, 0.6) is 5.75 Å². The quantitative estimate of drug-likeness (QED) is 0.407. The number of hydrogen-bond acceptors (Lipinski definition) is 6. The number of rotatable bonds is 5. The average molecular weight is 525 g/mol. The third-order valence-corrected chi connectivity index (χ3v) is 7.61. The van der Waals surface area contributed by atoms with Gasteiger partial charge in [0.05, 0.1) is 29.4 Å². The minimum atomic E-state index is -0.535. The number of aryl methyl sites for hydroxylation is 3. The monoisotopic (exact) mass is 524 g/mol. The summed E-state index contributed by atoms with van der Waals surface area (Å²) in [5, 5.41) is 11.0. The maximum atomic E-state index is 13.5. The van der Waals surface area contributed by atoms with E-state index in [1.54, 1.807) is 12.4 Å². The van der Waals surface area contributed by atoms with Gasteiger partial charge in [0.25, 0.3) is 0 Å². The zero-order chi connectivity index (χ0) is 27.0. The molecule has 0 saturated carbocycles. The number of aromatic nitrogens is 1. The minimum absolute atomic E-state index is 0.0555. The molecule has 0 radical (unpaired) electrons. The molecule has 38 heavy (non-hydrogen) atoms. The minimum Gasteiger partial charge on any atom is -0.489 e. The first-order valence-corrected chi connectivity index (χ1v) is 13.0. The summed E-state index contributed by atoms with van der Waals surface area (Å²) in [7, 11) is 0. The van der Waals surface area contributed by atoms with Crippen molar-refractivity contribution in [3.63, 3.8) is 0 Å². The number of nitriles is 1. The number of ketones is 1. The van der Waals surface area contributed by atoms with Gasteiger partial charge in [-0.05, 0) is 91.8 Å². The normalized spacial score (nSPS) is 17.4. The fourth-order valence-corrected chi connectivity index (χ4v) is 5.72. The molecule has 1 unspecified atom stereocenters. The standard InChI is InChI=1S/C31H29ClN4O2/c1-18-12-19(2)24(14-21(18)17-38-28-10-9-22(32)13-20(28)3)29-25(15-33)31(34)36(23-6-5-11-35-16-23)26-7-4-8-27(37)30(26)29/h5-6,9-14,16,29H,4,7-8,17,34H2,1-3H3. The number of halogens is 1. The van der Waals surface area contributed by atoms with Gasteiger partial charge in [-0.15, -0.1) is 0 Å². The van der Waals surface area contributed by atoms with Crippen molar-refractivity contribution in [2.75, 3.05) is 4.90 Å². The van der Waals surface area contributed by atoms with Gasteiger partial charge in [-0.1, -0.05) is 23.7 Å². The number of nitrogens with two attached hydrogens (primary N) is 1.